The van der Waals surface area contributed by atoms with Gasteiger partial charge in [0.2, 0.25) is 5.91 Å². The van der Waals surface area contributed by atoms with E-state index in [1.54, 1.807) is 0 Å². The lowest BCUT2D eigenvalue weighted by Crippen LogP contribution is -2.53. The van der Waals surface area contributed by atoms with Gasteiger partial charge in [-0.3, -0.25) is 9.69 Å². The van der Waals surface area contributed by atoms with Crippen LogP contribution in [-0.2, 0) is 11.2 Å². The Bertz CT molecular complexity index is 863. The number of fused-ring (bicyclic) bond motifs is 1. The van der Waals surface area contributed by atoms with Crippen LogP contribution in [0.2, 0.25) is 10.0 Å². The lowest BCUT2D eigenvalue weighted by Gasteiger charge is -2.42. The highest BCUT2D eigenvalue weighted by Gasteiger charge is 2.35. The average Bonchev–Trinajstić information content (AvgIpc) is 3.26. The van der Waals surface area contributed by atoms with E-state index in [4.69, 9.17) is 23.2 Å². The van der Waals surface area contributed by atoms with Crippen molar-refractivity contribution in [3.8, 4) is 0 Å². The third-order valence-corrected chi connectivity index (χ3v) is 7.46. The summed E-state index contributed by atoms with van der Waals surface area (Å²) in [6.45, 7) is 2.35. The van der Waals surface area contributed by atoms with Gasteiger partial charge in [0.05, 0.1) is 16.5 Å². The molecule has 2 atom stereocenters. The highest BCUT2D eigenvalue weighted by Crippen LogP contribution is 2.35. The molecule has 5 heteroatoms. The highest BCUT2D eigenvalue weighted by molar-refractivity contribution is 6.45. The fraction of sp³-hybridized carbons (Fsp3) is 0.522. The van der Waals surface area contributed by atoms with Gasteiger partial charge in [0.15, 0.2) is 0 Å². The molecule has 0 N–H and O–H groups in total. The van der Waals surface area contributed by atoms with Crippen molar-refractivity contribution in [3.63, 3.8) is 0 Å². The van der Waals surface area contributed by atoms with Crippen LogP contribution in [0.5, 0.6) is 0 Å². The van der Waals surface area contributed by atoms with Gasteiger partial charge in [0.1, 0.15) is 0 Å². The van der Waals surface area contributed by atoms with Crippen LogP contribution in [0.25, 0.3) is 10.8 Å². The van der Waals surface area contributed by atoms with Gasteiger partial charge in [0, 0.05) is 24.5 Å². The number of hydrogen-bond acceptors (Lipinski definition) is 2. The van der Waals surface area contributed by atoms with E-state index in [0.717, 1.165) is 22.8 Å². The maximum atomic E-state index is 13.2. The number of likely N-dealkylation sites (tertiary alicyclic amines) is 1. The van der Waals surface area contributed by atoms with Crippen molar-refractivity contribution >= 4 is 39.9 Å². The number of halogens is 2. The molecule has 4 rings (SSSR count). The van der Waals surface area contributed by atoms with Gasteiger partial charge >= 0.3 is 0 Å². The molecular formula is C23H28Cl2N2O. The Labute approximate surface area is 177 Å². The van der Waals surface area contributed by atoms with Crippen molar-refractivity contribution in [1.29, 1.82) is 0 Å². The Morgan fingerprint density at radius 2 is 1.79 bits per heavy atom. The first-order chi connectivity index (χ1) is 13.6. The molecule has 1 aliphatic carbocycles. The third-order valence-electron chi connectivity index (χ3n) is 6.54. The molecule has 0 spiro atoms. The number of rotatable bonds is 4. The van der Waals surface area contributed by atoms with Crippen molar-refractivity contribution in [2.24, 2.45) is 0 Å². The summed E-state index contributed by atoms with van der Waals surface area (Å²) in [5.41, 5.74) is 0.816. The summed E-state index contributed by atoms with van der Waals surface area (Å²) in [5.74, 6) is 0.129. The first-order valence-electron chi connectivity index (χ1n) is 10.4. The second kappa shape index (κ2) is 8.61. The van der Waals surface area contributed by atoms with Crippen LogP contribution in [0.4, 0.5) is 0 Å². The van der Waals surface area contributed by atoms with E-state index in [0.29, 0.717) is 28.5 Å². The molecule has 150 valence electrons. The van der Waals surface area contributed by atoms with Crippen LogP contribution in [0.1, 0.15) is 44.1 Å². The summed E-state index contributed by atoms with van der Waals surface area (Å²) in [5, 5.41) is 3.00. The number of hydrogen-bond donors (Lipinski definition) is 0. The zero-order chi connectivity index (χ0) is 19.7. The Kier molecular flexibility index (Phi) is 6.15. The molecule has 1 saturated heterocycles. The molecule has 0 bridgehead atoms. The minimum Gasteiger partial charge on any atom is -0.341 e. The minimum atomic E-state index is 0.129. The predicted octanol–water partition coefficient (Wildman–Crippen LogP) is 5.55. The summed E-state index contributed by atoms with van der Waals surface area (Å²) in [6, 6.07) is 10.7. The SMILES string of the molecule is CN(C(=O)Cc1cc2ccccc2c(Cl)c1Cl)[C@H]1CCCC[C@H]1N1CCCC1. The molecule has 0 unspecified atom stereocenters. The number of likely N-dealkylation sites (N-methyl/N-ethyl adjacent to an activating group) is 1. The summed E-state index contributed by atoms with van der Waals surface area (Å²) in [7, 11) is 1.97. The van der Waals surface area contributed by atoms with E-state index in [1.165, 1.54) is 45.2 Å². The quantitative estimate of drug-likeness (QED) is 0.648. The topological polar surface area (TPSA) is 23.6 Å². The van der Waals surface area contributed by atoms with E-state index in [9.17, 15) is 4.79 Å². The van der Waals surface area contributed by atoms with Gasteiger partial charge < -0.3 is 4.90 Å². The molecule has 1 aliphatic heterocycles. The zero-order valence-corrected chi connectivity index (χ0v) is 18.0. The van der Waals surface area contributed by atoms with Gasteiger partial charge in [-0.25, -0.2) is 0 Å². The van der Waals surface area contributed by atoms with Gasteiger partial charge in [-0.05, 0) is 55.8 Å². The fourth-order valence-electron chi connectivity index (χ4n) is 4.98. The molecule has 2 fully saturated rings. The van der Waals surface area contributed by atoms with E-state index in [-0.39, 0.29) is 5.91 Å². The van der Waals surface area contributed by atoms with Crippen molar-refractivity contribution in [2.75, 3.05) is 20.1 Å². The monoisotopic (exact) mass is 418 g/mol. The van der Waals surface area contributed by atoms with Gasteiger partial charge in [-0.2, -0.15) is 0 Å². The van der Waals surface area contributed by atoms with E-state index >= 15 is 0 Å². The summed E-state index contributed by atoms with van der Waals surface area (Å²) < 4.78 is 0. The second-order valence-electron chi connectivity index (χ2n) is 8.23. The number of carbonyl (C=O) groups excluding carboxylic acids is 1. The Morgan fingerprint density at radius 3 is 2.57 bits per heavy atom. The van der Waals surface area contributed by atoms with Crippen molar-refractivity contribution < 1.29 is 4.79 Å². The van der Waals surface area contributed by atoms with Crippen LogP contribution in [0.15, 0.2) is 30.3 Å². The van der Waals surface area contributed by atoms with Crippen LogP contribution in [0.3, 0.4) is 0 Å². The van der Waals surface area contributed by atoms with E-state index in [2.05, 4.69) is 4.90 Å². The zero-order valence-electron chi connectivity index (χ0n) is 16.5. The number of carbonyl (C=O) groups is 1. The molecule has 1 heterocycles. The van der Waals surface area contributed by atoms with Crippen LogP contribution in [0, 0.1) is 0 Å². The predicted molar refractivity (Wildman–Crippen MR) is 117 cm³/mol. The molecular weight excluding hydrogens is 391 g/mol. The largest absolute Gasteiger partial charge is 0.341 e. The smallest absolute Gasteiger partial charge is 0.227 e. The van der Waals surface area contributed by atoms with Crippen LogP contribution in [-0.4, -0.2) is 47.9 Å². The molecule has 2 aromatic carbocycles. The molecule has 3 nitrogen and oxygen atoms in total. The molecule has 1 amide bonds. The molecule has 2 aliphatic rings. The van der Waals surface area contributed by atoms with Crippen molar-refractivity contribution in [2.45, 2.75) is 57.0 Å². The summed E-state index contributed by atoms with van der Waals surface area (Å²) >= 11 is 13.0. The molecule has 0 aromatic heterocycles. The Hall–Kier alpha value is -1.29. The molecule has 28 heavy (non-hydrogen) atoms. The average molecular weight is 419 g/mol. The van der Waals surface area contributed by atoms with E-state index < -0.39 is 0 Å². The molecule has 1 saturated carbocycles. The number of nitrogens with zero attached hydrogens (tertiary/aromatic N) is 2. The molecule has 2 aromatic rings. The fourth-order valence-corrected chi connectivity index (χ4v) is 5.49. The first kappa shape index (κ1) is 20.0. The van der Waals surface area contributed by atoms with Gasteiger partial charge in [-0.1, -0.05) is 60.3 Å². The number of benzene rings is 2. The Morgan fingerprint density at radius 1 is 1.07 bits per heavy atom. The number of amides is 1. The lowest BCUT2D eigenvalue weighted by atomic mass is 9.88. The maximum Gasteiger partial charge on any atom is 0.227 e. The summed E-state index contributed by atoms with van der Waals surface area (Å²) in [4.78, 5) is 17.8. The highest BCUT2D eigenvalue weighted by atomic mass is 35.5. The van der Waals surface area contributed by atoms with Crippen molar-refractivity contribution in [3.05, 3.63) is 45.9 Å². The van der Waals surface area contributed by atoms with Crippen LogP contribution >= 0.6 is 23.2 Å². The van der Waals surface area contributed by atoms with E-state index in [1.807, 2.05) is 42.3 Å². The third kappa shape index (κ3) is 3.90. The van der Waals surface area contributed by atoms with Gasteiger partial charge in [0.25, 0.3) is 0 Å². The molecule has 0 radical (unpaired) electrons. The van der Waals surface area contributed by atoms with Crippen molar-refractivity contribution in [1.82, 2.24) is 9.80 Å². The van der Waals surface area contributed by atoms with Crippen LogP contribution < -0.4 is 0 Å². The normalized spacial score (nSPS) is 23.2. The standard InChI is InChI=1S/C23H28Cl2N2O/c1-26(19-10-4-5-11-20(19)27-12-6-7-13-27)21(28)15-17-14-16-8-2-3-9-18(16)23(25)22(17)24/h2-3,8-9,14,19-20H,4-7,10-13,15H2,1H3/t19-,20+/m0/s1. The minimum absolute atomic E-state index is 0.129. The summed E-state index contributed by atoms with van der Waals surface area (Å²) in [6.07, 6.45) is 7.63. The lowest BCUT2D eigenvalue weighted by molar-refractivity contribution is -0.133. The Balaban J connectivity index is 1.54. The first-order valence-corrected chi connectivity index (χ1v) is 11.2. The maximum absolute atomic E-state index is 13.2. The van der Waals surface area contributed by atoms with Gasteiger partial charge in [-0.15, -0.1) is 0 Å². The second-order valence-corrected chi connectivity index (χ2v) is 8.98.